The number of nitrogens with one attached hydrogen (secondary N) is 1. The lowest BCUT2D eigenvalue weighted by Gasteiger charge is -2.22. The average molecular weight is 354 g/mol. The fourth-order valence-electron chi connectivity index (χ4n) is 3.06. The van der Waals surface area contributed by atoms with Gasteiger partial charge in [-0.25, -0.2) is 0 Å². The van der Waals surface area contributed by atoms with Gasteiger partial charge in [0.05, 0.1) is 32.8 Å². The van der Waals surface area contributed by atoms with Crippen LogP contribution in [-0.4, -0.2) is 46.0 Å². The van der Waals surface area contributed by atoms with E-state index in [4.69, 9.17) is 18.9 Å². The van der Waals surface area contributed by atoms with E-state index >= 15 is 0 Å². The van der Waals surface area contributed by atoms with E-state index in [1.165, 1.54) is 0 Å². The van der Waals surface area contributed by atoms with Crippen molar-refractivity contribution in [3.8, 4) is 11.5 Å². The van der Waals surface area contributed by atoms with Crippen molar-refractivity contribution < 1.29 is 18.9 Å². The molecule has 2 heterocycles. The zero-order valence-corrected chi connectivity index (χ0v) is 14.5. The lowest BCUT2D eigenvalue weighted by Crippen LogP contribution is -2.16. The van der Waals surface area contributed by atoms with Crippen LogP contribution in [0.2, 0.25) is 0 Å². The molecular weight excluding hydrogens is 332 g/mol. The molecule has 0 unspecified atom stereocenters. The number of hydrogen-bond donors (Lipinski definition) is 1. The molecule has 6 nitrogen and oxygen atoms in total. The Morgan fingerprint density at radius 3 is 2.38 bits per heavy atom. The molecule has 0 fully saturated rings. The van der Waals surface area contributed by atoms with E-state index in [-0.39, 0.29) is 6.04 Å². The number of rotatable bonds is 1. The highest BCUT2D eigenvalue weighted by Gasteiger charge is 2.20. The van der Waals surface area contributed by atoms with Gasteiger partial charge in [0.1, 0.15) is 19.3 Å². The van der Waals surface area contributed by atoms with Gasteiger partial charge in [0.15, 0.2) is 11.5 Å². The standard InChI is InChI=1S/C20H22N2O4/c1-2-4-17-16(3-1)20(22-14-21-17)15-5-6-18-19(13-15)26-12-10-24-8-7-23-9-11-25-18/h1-6,13-14,20H,7-12H2,(H,21,22)/t20-/m0/s1. The molecule has 1 N–H and O–H groups in total. The summed E-state index contributed by atoms with van der Waals surface area (Å²) in [6.07, 6.45) is 1.75. The number of anilines is 1. The van der Waals surface area contributed by atoms with Crippen molar-refractivity contribution >= 4 is 12.0 Å². The molecule has 0 saturated carbocycles. The largest absolute Gasteiger partial charge is 0.487 e. The third-order valence-electron chi connectivity index (χ3n) is 4.33. The van der Waals surface area contributed by atoms with Crippen LogP contribution in [0.1, 0.15) is 17.2 Å². The number of fused-ring (bicyclic) bond motifs is 2. The van der Waals surface area contributed by atoms with Gasteiger partial charge in [0.2, 0.25) is 0 Å². The minimum absolute atomic E-state index is 0.0673. The number of nitrogens with zero attached hydrogens (tertiary/aromatic N) is 1. The van der Waals surface area contributed by atoms with Gasteiger partial charge in [0.25, 0.3) is 0 Å². The molecule has 4 rings (SSSR count). The van der Waals surface area contributed by atoms with Gasteiger partial charge in [0, 0.05) is 11.3 Å². The van der Waals surface area contributed by atoms with E-state index in [1.54, 1.807) is 6.34 Å². The van der Waals surface area contributed by atoms with Crippen molar-refractivity contribution in [2.75, 3.05) is 45.0 Å². The molecule has 0 aromatic heterocycles. The first-order valence-corrected chi connectivity index (χ1v) is 8.84. The number of para-hydroxylation sites is 1. The lowest BCUT2D eigenvalue weighted by molar-refractivity contribution is 0.0223. The van der Waals surface area contributed by atoms with Crippen molar-refractivity contribution in [2.24, 2.45) is 4.99 Å². The van der Waals surface area contributed by atoms with Gasteiger partial charge >= 0.3 is 0 Å². The summed E-state index contributed by atoms with van der Waals surface area (Å²) in [6, 6.07) is 14.1. The fourth-order valence-corrected chi connectivity index (χ4v) is 3.06. The quantitative estimate of drug-likeness (QED) is 0.853. The van der Waals surface area contributed by atoms with Crippen LogP contribution in [0.3, 0.4) is 0 Å². The van der Waals surface area contributed by atoms with Crippen LogP contribution >= 0.6 is 0 Å². The van der Waals surface area contributed by atoms with Crippen molar-refractivity contribution in [3.05, 3.63) is 53.6 Å². The van der Waals surface area contributed by atoms with Gasteiger partial charge in [-0.05, 0) is 23.8 Å². The monoisotopic (exact) mass is 354 g/mol. The predicted molar refractivity (Wildman–Crippen MR) is 99.5 cm³/mol. The van der Waals surface area contributed by atoms with Crippen LogP contribution < -0.4 is 14.8 Å². The molecule has 0 saturated heterocycles. The van der Waals surface area contributed by atoms with Crippen LogP contribution in [0, 0.1) is 0 Å². The molecule has 0 radical (unpaired) electrons. The van der Waals surface area contributed by atoms with Gasteiger partial charge < -0.3 is 24.3 Å². The Bertz CT molecular complexity index is 778. The highest BCUT2D eigenvalue weighted by atomic mass is 16.6. The van der Waals surface area contributed by atoms with E-state index in [2.05, 4.69) is 22.4 Å². The molecule has 0 amide bonds. The third-order valence-corrected chi connectivity index (χ3v) is 4.33. The number of hydrogen-bond acceptors (Lipinski definition) is 6. The molecular formula is C20H22N2O4. The number of benzene rings is 2. The topological polar surface area (TPSA) is 61.3 Å². The maximum absolute atomic E-state index is 5.92. The summed E-state index contributed by atoms with van der Waals surface area (Å²) in [7, 11) is 0. The Kier molecular flexibility index (Phi) is 5.33. The summed E-state index contributed by atoms with van der Waals surface area (Å²) < 4.78 is 22.7. The van der Waals surface area contributed by atoms with Crippen LogP contribution in [0.4, 0.5) is 5.69 Å². The summed E-state index contributed by atoms with van der Waals surface area (Å²) in [5, 5.41) is 3.19. The molecule has 6 heteroatoms. The molecule has 2 aromatic carbocycles. The van der Waals surface area contributed by atoms with Gasteiger partial charge in [-0.15, -0.1) is 0 Å². The summed E-state index contributed by atoms with van der Waals surface area (Å²) in [4.78, 5) is 4.62. The number of ether oxygens (including phenoxy) is 4. The van der Waals surface area contributed by atoms with E-state index in [9.17, 15) is 0 Å². The Morgan fingerprint density at radius 1 is 0.808 bits per heavy atom. The zero-order valence-electron chi connectivity index (χ0n) is 14.5. The van der Waals surface area contributed by atoms with Gasteiger partial charge in [-0.3, -0.25) is 4.99 Å². The van der Waals surface area contributed by atoms with E-state index in [0.29, 0.717) is 51.1 Å². The highest BCUT2D eigenvalue weighted by molar-refractivity contribution is 5.81. The summed E-state index contributed by atoms with van der Waals surface area (Å²) in [5.74, 6) is 1.42. The van der Waals surface area contributed by atoms with E-state index in [1.807, 2.05) is 30.3 Å². The average Bonchev–Trinajstić information content (AvgIpc) is 2.68. The molecule has 2 aliphatic rings. The van der Waals surface area contributed by atoms with Crippen LogP contribution in [0.25, 0.3) is 0 Å². The molecule has 2 aliphatic heterocycles. The second-order valence-electron chi connectivity index (χ2n) is 6.04. The highest BCUT2D eigenvalue weighted by Crippen LogP contribution is 2.37. The smallest absolute Gasteiger partial charge is 0.161 e. The first kappa shape index (κ1) is 16.9. The minimum Gasteiger partial charge on any atom is -0.487 e. The molecule has 0 aliphatic carbocycles. The SMILES string of the molecule is C1=N[C@@H](c2ccc3c(c2)OCCOCCOCCO3)c2ccccc2N1. The van der Waals surface area contributed by atoms with Crippen molar-refractivity contribution in [1.82, 2.24) is 0 Å². The maximum Gasteiger partial charge on any atom is 0.161 e. The minimum atomic E-state index is -0.0673. The second-order valence-corrected chi connectivity index (χ2v) is 6.04. The van der Waals surface area contributed by atoms with Crippen LogP contribution in [-0.2, 0) is 9.47 Å². The molecule has 0 bridgehead atoms. The molecule has 2 aromatic rings. The molecule has 0 spiro atoms. The maximum atomic E-state index is 5.92. The Balaban J connectivity index is 1.61. The Labute approximate surface area is 152 Å². The second kappa shape index (κ2) is 8.21. The van der Waals surface area contributed by atoms with Gasteiger partial charge in [-0.2, -0.15) is 0 Å². The fraction of sp³-hybridized carbons (Fsp3) is 0.350. The van der Waals surface area contributed by atoms with Crippen molar-refractivity contribution in [1.29, 1.82) is 0 Å². The summed E-state index contributed by atoms with van der Waals surface area (Å²) >= 11 is 0. The first-order chi connectivity index (χ1) is 12.9. The predicted octanol–water partition coefficient (Wildman–Crippen LogP) is 3.03. The molecule has 136 valence electrons. The Morgan fingerprint density at radius 2 is 1.54 bits per heavy atom. The van der Waals surface area contributed by atoms with E-state index in [0.717, 1.165) is 16.8 Å². The third kappa shape index (κ3) is 3.81. The van der Waals surface area contributed by atoms with Crippen LogP contribution in [0.15, 0.2) is 47.5 Å². The molecule has 1 atom stereocenters. The van der Waals surface area contributed by atoms with Gasteiger partial charge in [-0.1, -0.05) is 24.3 Å². The number of aliphatic imine (C=N–C) groups is 1. The van der Waals surface area contributed by atoms with E-state index < -0.39 is 0 Å². The van der Waals surface area contributed by atoms with Crippen LogP contribution in [0.5, 0.6) is 11.5 Å². The lowest BCUT2D eigenvalue weighted by atomic mass is 9.96. The summed E-state index contributed by atoms with van der Waals surface area (Å²) in [5.41, 5.74) is 3.27. The zero-order chi connectivity index (χ0) is 17.6. The first-order valence-electron chi connectivity index (χ1n) is 8.84. The van der Waals surface area contributed by atoms with Crippen molar-refractivity contribution in [2.45, 2.75) is 6.04 Å². The normalized spacial score (nSPS) is 20.2. The Hall–Kier alpha value is -2.57. The molecule has 26 heavy (non-hydrogen) atoms. The summed E-state index contributed by atoms with van der Waals surface area (Å²) in [6.45, 7) is 3.12. The van der Waals surface area contributed by atoms with Crippen molar-refractivity contribution in [3.63, 3.8) is 0 Å².